The Kier molecular flexibility index (Phi) is 6.08. The average molecular weight is 492 g/mol. The predicted molar refractivity (Wildman–Crippen MR) is 115 cm³/mol. The van der Waals surface area contributed by atoms with Crippen molar-refractivity contribution in [1.82, 2.24) is 15.2 Å². The topological polar surface area (TPSA) is 66.8 Å². The van der Waals surface area contributed by atoms with Gasteiger partial charge in [-0.3, -0.25) is 9.98 Å². The monoisotopic (exact) mass is 492 g/mol. The third-order valence-electron chi connectivity index (χ3n) is 3.97. The van der Waals surface area contributed by atoms with Crippen molar-refractivity contribution in [2.75, 3.05) is 14.1 Å². The zero-order valence-electron chi connectivity index (χ0n) is 15.5. The lowest BCUT2D eigenvalue weighted by molar-refractivity contribution is 0.171. The van der Waals surface area contributed by atoms with Crippen LogP contribution in [0.15, 0.2) is 63.2 Å². The molecule has 1 amide bonds. The van der Waals surface area contributed by atoms with Gasteiger partial charge in [-0.2, -0.15) is 0 Å². The summed E-state index contributed by atoms with van der Waals surface area (Å²) in [4.78, 5) is 22.3. The minimum absolute atomic E-state index is 0.317. The van der Waals surface area contributed by atoms with Crippen molar-refractivity contribution in [3.05, 3.63) is 75.3 Å². The zero-order chi connectivity index (χ0) is 20.3. The van der Waals surface area contributed by atoms with Gasteiger partial charge in [-0.15, -0.1) is 0 Å². The van der Waals surface area contributed by atoms with E-state index in [4.69, 9.17) is 4.74 Å². The first-order valence-electron chi connectivity index (χ1n) is 8.39. The van der Waals surface area contributed by atoms with Gasteiger partial charge in [0.15, 0.2) is 5.75 Å². The van der Waals surface area contributed by atoms with Crippen LogP contribution >= 0.6 is 22.6 Å². The summed E-state index contributed by atoms with van der Waals surface area (Å²) in [6.45, 7) is 1.87. The largest absolute Gasteiger partial charge is 0.414 e. The molecule has 8 heteroatoms. The van der Waals surface area contributed by atoms with Crippen LogP contribution in [0.25, 0.3) is 5.57 Å². The van der Waals surface area contributed by atoms with Gasteiger partial charge in [0.2, 0.25) is 0 Å². The Morgan fingerprint density at radius 2 is 1.93 bits per heavy atom. The summed E-state index contributed by atoms with van der Waals surface area (Å²) in [5.74, 6) is 0.0270. The maximum Gasteiger partial charge on any atom is 0.414 e. The molecule has 2 aromatic rings. The molecule has 0 bridgehead atoms. The quantitative estimate of drug-likeness (QED) is 0.512. The van der Waals surface area contributed by atoms with Gasteiger partial charge < -0.3 is 15.0 Å². The number of amides is 1. The molecule has 0 radical (unpaired) electrons. The SMILES string of the molecule is CC(=C1NC(I)=CN=C1c1ccc(F)cc1)c1ncccc1OC(=O)N(C)C. The molecule has 144 valence electrons. The lowest BCUT2D eigenvalue weighted by Gasteiger charge is -2.21. The number of nitrogens with zero attached hydrogens (tertiary/aromatic N) is 3. The molecule has 0 spiro atoms. The van der Waals surface area contributed by atoms with Crippen LogP contribution in [-0.4, -0.2) is 35.8 Å². The van der Waals surface area contributed by atoms with Crippen LogP contribution in [0.4, 0.5) is 9.18 Å². The van der Waals surface area contributed by atoms with Gasteiger partial charge in [0, 0.05) is 31.4 Å². The van der Waals surface area contributed by atoms with Crippen molar-refractivity contribution in [3.63, 3.8) is 0 Å². The van der Waals surface area contributed by atoms with Gasteiger partial charge in [-0.05, 0) is 65.9 Å². The highest BCUT2D eigenvalue weighted by Gasteiger charge is 2.21. The molecule has 1 aromatic heterocycles. The Labute approximate surface area is 176 Å². The number of hydrogen-bond donors (Lipinski definition) is 1. The summed E-state index contributed by atoms with van der Waals surface area (Å²) in [6, 6.07) is 9.50. The molecule has 1 aromatic carbocycles. The highest BCUT2D eigenvalue weighted by molar-refractivity contribution is 14.1. The Morgan fingerprint density at radius 1 is 1.21 bits per heavy atom. The first-order chi connectivity index (χ1) is 13.4. The van der Waals surface area contributed by atoms with Gasteiger partial charge in [-0.1, -0.05) is 0 Å². The van der Waals surface area contributed by atoms with Crippen LogP contribution in [0, 0.1) is 5.82 Å². The molecule has 0 aliphatic carbocycles. The summed E-state index contributed by atoms with van der Waals surface area (Å²) in [6.07, 6.45) is 2.83. The number of nitrogens with one attached hydrogen (secondary N) is 1. The van der Waals surface area contributed by atoms with E-state index in [0.717, 1.165) is 14.8 Å². The molecule has 6 nitrogen and oxygen atoms in total. The van der Waals surface area contributed by atoms with Crippen LogP contribution in [0.3, 0.4) is 0 Å². The number of carbonyl (C=O) groups is 1. The van der Waals surface area contributed by atoms with Crippen LogP contribution in [0.1, 0.15) is 18.2 Å². The van der Waals surface area contributed by atoms with Crippen molar-refractivity contribution in [2.24, 2.45) is 4.99 Å². The van der Waals surface area contributed by atoms with Crippen LogP contribution in [0.2, 0.25) is 0 Å². The fraction of sp³-hybridized carbons (Fsp3) is 0.150. The molecule has 1 aliphatic heterocycles. The van der Waals surface area contributed by atoms with E-state index in [2.05, 4.69) is 37.9 Å². The first-order valence-corrected chi connectivity index (χ1v) is 9.47. The highest BCUT2D eigenvalue weighted by atomic mass is 127. The minimum Gasteiger partial charge on any atom is -0.408 e. The van der Waals surface area contributed by atoms with E-state index in [0.29, 0.717) is 22.9 Å². The van der Waals surface area contributed by atoms with Crippen molar-refractivity contribution in [3.8, 4) is 5.75 Å². The van der Waals surface area contributed by atoms with E-state index in [1.54, 1.807) is 50.8 Å². The third kappa shape index (κ3) is 4.38. The fourth-order valence-corrected chi connectivity index (χ4v) is 2.96. The molecular weight excluding hydrogens is 474 g/mol. The molecular formula is C20H18FIN4O2. The van der Waals surface area contributed by atoms with Gasteiger partial charge in [0.05, 0.1) is 21.3 Å². The van der Waals surface area contributed by atoms with Gasteiger partial charge in [0.25, 0.3) is 0 Å². The number of hydrogen-bond acceptors (Lipinski definition) is 5. The van der Waals surface area contributed by atoms with Crippen LogP contribution in [-0.2, 0) is 0 Å². The van der Waals surface area contributed by atoms with Crippen LogP contribution in [0.5, 0.6) is 5.75 Å². The molecule has 2 heterocycles. The van der Waals surface area contributed by atoms with E-state index >= 15 is 0 Å². The van der Waals surface area contributed by atoms with Crippen molar-refractivity contribution in [1.29, 1.82) is 0 Å². The smallest absolute Gasteiger partial charge is 0.408 e. The molecule has 3 rings (SSSR count). The minimum atomic E-state index is -0.495. The second kappa shape index (κ2) is 8.51. The van der Waals surface area contributed by atoms with Crippen molar-refractivity contribution in [2.45, 2.75) is 6.92 Å². The van der Waals surface area contributed by atoms with Gasteiger partial charge >= 0.3 is 6.09 Å². The van der Waals surface area contributed by atoms with E-state index in [-0.39, 0.29) is 5.82 Å². The molecule has 1 N–H and O–H groups in total. The first kappa shape index (κ1) is 20.0. The fourth-order valence-electron chi connectivity index (χ4n) is 2.55. The second-order valence-electron chi connectivity index (χ2n) is 6.20. The highest BCUT2D eigenvalue weighted by Crippen LogP contribution is 2.29. The molecule has 1 aliphatic rings. The summed E-state index contributed by atoms with van der Waals surface area (Å²) in [5, 5.41) is 3.29. The number of aromatic nitrogens is 1. The third-order valence-corrected chi connectivity index (χ3v) is 4.52. The van der Waals surface area contributed by atoms with Crippen molar-refractivity contribution >= 4 is 40.0 Å². The maximum absolute atomic E-state index is 13.3. The molecule has 0 unspecified atom stereocenters. The summed E-state index contributed by atoms with van der Waals surface area (Å²) in [5.41, 5.74) is 3.37. The molecule has 0 fully saturated rings. The molecule has 0 saturated heterocycles. The number of rotatable bonds is 3. The summed E-state index contributed by atoms with van der Waals surface area (Å²) < 4.78 is 19.6. The van der Waals surface area contributed by atoms with E-state index < -0.39 is 6.09 Å². The number of pyridine rings is 1. The Hall–Kier alpha value is -2.75. The lowest BCUT2D eigenvalue weighted by Crippen LogP contribution is -2.26. The van der Waals surface area contributed by atoms with Crippen molar-refractivity contribution < 1.29 is 13.9 Å². The lowest BCUT2D eigenvalue weighted by atomic mass is 10.0. The number of ether oxygens (including phenoxy) is 1. The van der Waals surface area contributed by atoms with E-state index in [9.17, 15) is 9.18 Å². The Balaban J connectivity index is 2.09. The van der Waals surface area contributed by atoms with Crippen LogP contribution < -0.4 is 10.1 Å². The maximum atomic E-state index is 13.3. The number of carbonyl (C=O) groups excluding carboxylic acids is 1. The number of halogens is 2. The van der Waals surface area contributed by atoms with Gasteiger partial charge in [0.1, 0.15) is 11.5 Å². The predicted octanol–water partition coefficient (Wildman–Crippen LogP) is 4.34. The number of allylic oxidation sites excluding steroid dienone is 2. The van der Waals surface area contributed by atoms with E-state index in [1.165, 1.54) is 17.0 Å². The molecule has 0 saturated carbocycles. The molecule has 28 heavy (non-hydrogen) atoms. The molecule has 0 atom stereocenters. The normalized spacial score (nSPS) is 15.2. The summed E-state index contributed by atoms with van der Waals surface area (Å²) in [7, 11) is 3.22. The van der Waals surface area contributed by atoms with Gasteiger partial charge in [-0.25, -0.2) is 9.18 Å². The standard InChI is InChI=1S/C20H18FIN4O2/c1-12(17-15(5-4-10-23-17)28-20(27)26(2)3)18-19(24-11-16(22)25-18)13-6-8-14(21)9-7-13/h4-11,25H,1-3H3. The summed E-state index contributed by atoms with van der Waals surface area (Å²) >= 11 is 2.13. The van der Waals surface area contributed by atoms with E-state index in [1.807, 2.05) is 6.92 Å². The Bertz CT molecular complexity index is 998. The number of aliphatic imine (C=N–C) groups is 1. The second-order valence-corrected chi connectivity index (χ2v) is 7.36. The zero-order valence-corrected chi connectivity index (χ0v) is 17.7. The average Bonchev–Trinajstić information content (AvgIpc) is 2.68. The number of benzene rings is 1. The Morgan fingerprint density at radius 3 is 2.61 bits per heavy atom.